The summed E-state index contributed by atoms with van der Waals surface area (Å²) in [6.45, 7) is 5.59. The van der Waals surface area contributed by atoms with Gasteiger partial charge in [0.1, 0.15) is 5.82 Å². The van der Waals surface area contributed by atoms with E-state index in [0.717, 1.165) is 45.0 Å². The third-order valence-corrected chi connectivity index (χ3v) is 4.14. The SMILES string of the molecule is Oc1ccc(O)n1CCCN1CCN(c2ccccn2)CC1. The second kappa shape index (κ2) is 6.70. The summed E-state index contributed by atoms with van der Waals surface area (Å²) in [6, 6.07) is 9.03. The predicted octanol–water partition coefficient (Wildman–Crippen LogP) is 1.51. The minimum Gasteiger partial charge on any atom is -0.494 e. The first-order valence-corrected chi connectivity index (χ1v) is 7.70. The molecule has 118 valence electrons. The summed E-state index contributed by atoms with van der Waals surface area (Å²) in [7, 11) is 0. The van der Waals surface area contributed by atoms with Crippen molar-refractivity contribution in [2.24, 2.45) is 0 Å². The number of aromatic nitrogens is 2. The highest BCUT2D eigenvalue weighted by Gasteiger charge is 2.17. The Balaban J connectivity index is 1.43. The van der Waals surface area contributed by atoms with Gasteiger partial charge < -0.3 is 15.1 Å². The normalized spacial score (nSPS) is 16.1. The molecule has 2 N–H and O–H groups in total. The van der Waals surface area contributed by atoms with E-state index < -0.39 is 0 Å². The first-order chi connectivity index (χ1) is 10.7. The van der Waals surface area contributed by atoms with Crippen molar-refractivity contribution in [2.45, 2.75) is 13.0 Å². The summed E-state index contributed by atoms with van der Waals surface area (Å²) < 4.78 is 1.53. The van der Waals surface area contributed by atoms with Gasteiger partial charge in [-0.05, 0) is 25.1 Å². The van der Waals surface area contributed by atoms with Crippen molar-refractivity contribution >= 4 is 5.82 Å². The maximum atomic E-state index is 9.60. The highest BCUT2D eigenvalue weighted by molar-refractivity contribution is 5.38. The molecule has 0 unspecified atom stereocenters. The summed E-state index contributed by atoms with van der Waals surface area (Å²) >= 11 is 0. The molecule has 1 saturated heterocycles. The van der Waals surface area contributed by atoms with E-state index in [1.165, 1.54) is 16.7 Å². The molecule has 6 heteroatoms. The molecule has 0 saturated carbocycles. The number of anilines is 1. The van der Waals surface area contributed by atoms with Crippen LogP contribution in [0.2, 0.25) is 0 Å². The van der Waals surface area contributed by atoms with Crippen molar-refractivity contribution in [3.05, 3.63) is 36.5 Å². The molecule has 0 aliphatic carbocycles. The third kappa shape index (κ3) is 3.33. The maximum Gasteiger partial charge on any atom is 0.193 e. The van der Waals surface area contributed by atoms with Crippen LogP contribution in [0.5, 0.6) is 11.8 Å². The topological polar surface area (TPSA) is 64.8 Å². The third-order valence-electron chi connectivity index (χ3n) is 4.14. The monoisotopic (exact) mass is 302 g/mol. The molecule has 0 bridgehead atoms. The Morgan fingerprint density at radius 2 is 1.64 bits per heavy atom. The second-order valence-corrected chi connectivity index (χ2v) is 5.57. The van der Waals surface area contributed by atoms with Crippen LogP contribution < -0.4 is 4.90 Å². The van der Waals surface area contributed by atoms with Crippen LogP contribution in [0.15, 0.2) is 36.5 Å². The minimum absolute atomic E-state index is 0.123. The Hall–Kier alpha value is -2.21. The highest BCUT2D eigenvalue weighted by Crippen LogP contribution is 2.21. The van der Waals surface area contributed by atoms with E-state index >= 15 is 0 Å². The van der Waals surface area contributed by atoms with Crippen LogP contribution in [-0.4, -0.2) is 57.4 Å². The minimum atomic E-state index is 0.123. The van der Waals surface area contributed by atoms with E-state index in [9.17, 15) is 10.2 Å². The Morgan fingerprint density at radius 1 is 0.909 bits per heavy atom. The van der Waals surface area contributed by atoms with Crippen molar-refractivity contribution in [2.75, 3.05) is 37.6 Å². The number of hydrogen-bond donors (Lipinski definition) is 2. The molecule has 22 heavy (non-hydrogen) atoms. The van der Waals surface area contributed by atoms with Gasteiger partial charge in [0.05, 0.1) is 0 Å². The molecule has 0 amide bonds. The molecule has 1 fully saturated rings. The molecule has 3 rings (SSSR count). The molecule has 3 heterocycles. The Labute approximate surface area is 130 Å². The largest absolute Gasteiger partial charge is 0.494 e. The summed E-state index contributed by atoms with van der Waals surface area (Å²) in [5.74, 6) is 1.29. The number of piperazine rings is 1. The smallest absolute Gasteiger partial charge is 0.193 e. The molecule has 2 aromatic heterocycles. The molecule has 0 atom stereocenters. The van der Waals surface area contributed by atoms with Gasteiger partial charge >= 0.3 is 0 Å². The quantitative estimate of drug-likeness (QED) is 0.876. The highest BCUT2D eigenvalue weighted by atomic mass is 16.3. The Kier molecular flexibility index (Phi) is 4.48. The van der Waals surface area contributed by atoms with Crippen molar-refractivity contribution in [1.82, 2.24) is 14.5 Å². The van der Waals surface area contributed by atoms with Crippen molar-refractivity contribution in [3.8, 4) is 11.8 Å². The zero-order valence-electron chi connectivity index (χ0n) is 12.6. The molecule has 1 aliphatic heterocycles. The fourth-order valence-corrected chi connectivity index (χ4v) is 2.87. The number of nitrogens with zero attached hydrogens (tertiary/aromatic N) is 4. The fourth-order valence-electron chi connectivity index (χ4n) is 2.87. The van der Waals surface area contributed by atoms with Gasteiger partial charge in [0, 0.05) is 51.1 Å². The number of rotatable bonds is 5. The number of aromatic hydroxyl groups is 2. The molecule has 6 nitrogen and oxygen atoms in total. The van der Waals surface area contributed by atoms with Crippen LogP contribution in [0.1, 0.15) is 6.42 Å². The van der Waals surface area contributed by atoms with Gasteiger partial charge in [-0.25, -0.2) is 4.98 Å². The molecular formula is C16H22N4O2. The molecular weight excluding hydrogens is 280 g/mol. The molecule has 1 aliphatic rings. The van der Waals surface area contributed by atoms with Gasteiger partial charge in [-0.3, -0.25) is 9.47 Å². The van der Waals surface area contributed by atoms with Crippen LogP contribution in [0.25, 0.3) is 0 Å². The average Bonchev–Trinajstić information content (AvgIpc) is 2.88. The van der Waals surface area contributed by atoms with Crippen LogP contribution >= 0.6 is 0 Å². The lowest BCUT2D eigenvalue weighted by atomic mass is 10.2. The summed E-state index contributed by atoms with van der Waals surface area (Å²) in [5, 5.41) is 19.2. The van der Waals surface area contributed by atoms with Crippen LogP contribution in [-0.2, 0) is 6.54 Å². The van der Waals surface area contributed by atoms with E-state index in [1.807, 2.05) is 24.4 Å². The van der Waals surface area contributed by atoms with Crippen LogP contribution in [0.4, 0.5) is 5.82 Å². The van der Waals surface area contributed by atoms with Gasteiger partial charge in [0.2, 0.25) is 0 Å². The second-order valence-electron chi connectivity index (χ2n) is 5.57. The standard InChI is InChI=1S/C16H22N4O2/c21-15-5-6-16(22)20(15)9-3-8-18-10-12-19(13-11-18)14-4-1-2-7-17-14/h1-2,4-7,21-22H,3,8-13H2. The van der Waals surface area contributed by atoms with Crippen LogP contribution in [0, 0.1) is 0 Å². The lowest BCUT2D eigenvalue weighted by Gasteiger charge is -2.35. The Morgan fingerprint density at radius 3 is 2.27 bits per heavy atom. The first-order valence-electron chi connectivity index (χ1n) is 7.70. The summed E-state index contributed by atoms with van der Waals surface area (Å²) in [5.41, 5.74) is 0. The summed E-state index contributed by atoms with van der Waals surface area (Å²) in [4.78, 5) is 9.11. The predicted molar refractivity (Wildman–Crippen MR) is 85.3 cm³/mol. The van der Waals surface area contributed by atoms with E-state index in [-0.39, 0.29) is 11.8 Å². The van der Waals surface area contributed by atoms with Gasteiger partial charge in [0.15, 0.2) is 11.8 Å². The number of pyridine rings is 1. The zero-order chi connectivity index (χ0) is 15.4. The van der Waals surface area contributed by atoms with E-state index in [1.54, 1.807) is 0 Å². The van der Waals surface area contributed by atoms with Gasteiger partial charge in [-0.2, -0.15) is 0 Å². The Bertz CT molecular complexity index is 572. The summed E-state index contributed by atoms with van der Waals surface area (Å²) in [6.07, 6.45) is 2.73. The molecule has 0 aromatic carbocycles. The fraction of sp³-hybridized carbons (Fsp3) is 0.438. The van der Waals surface area contributed by atoms with Crippen LogP contribution in [0.3, 0.4) is 0 Å². The zero-order valence-corrected chi connectivity index (χ0v) is 12.6. The average molecular weight is 302 g/mol. The van der Waals surface area contributed by atoms with Gasteiger partial charge in [-0.15, -0.1) is 0 Å². The van der Waals surface area contributed by atoms with Gasteiger partial charge in [-0.1, -0.05) is 6.07 Å². The lowest BCUT2D eigenvalue weighted by molar-refractivity contribution is 0.246. The molecule has 0 radical (unpaired) electrons. The van der Waals surface area contributed by atoms with E-state index in [0.29, 0.717) is 6.54 Å². The van der Waals surface area contributed by atoms with Crippen molar-refractivity contribution in [1.29, 1.82) is 0 Å². The van der Waals surface area contributed by atoms with Gasteiger partial charge in [0.25, 0.3) is 0 Å². The molecule has 2 aromatic rings. The van der Waals surface area contributed by atoms with E-state index in [2.05, 4.69) is 14.8 Å². The maximum absolute atomic E-state index is 9.60. The molecule has 0 spiro atoms. The van der Waals surface area contributed by atoms with Crippen molar-refractivity contribution < 1.29 is 10.2 Å². The van der Waals surface area contributed by atoms with E-state index in [4.69, 9.17) is 0 Å². The van der Waals surface area contributed by atoms with Crippen molar-refractivity contribution in [3.63, 3.8) is 0 Å². The first kappa shape index (κ1) is 14.7. The number of hydrogen-bond acceptors (Lipinski definition) is 5. The lowest BCUT2D eigenvalue weighted by Crippen LogP contribution is -2.47.